The van der Waals surface area contributed by atoms with Crippen LogP contribution in [0.15, 0.2) is 29.3 Å². The lowest BCUT2D eigenvalue weighted by Crippen LogP contribution is -2.27. The summed E-state index contributed by atoms with van der Waals surface area (Å²) in [5.74, 6) is 0.925. The second kappa shape index (κ2) is 12.1. The molecular formula is C19H34N4. The maximum Gasteiger partial charge on any atom is 0.0403 e. The second-order valence-electron chi connectivity index (χ2n) is 6.48. The molecule has 0 amide bonds. The molecule has 1 atom stereocenters. The number of benzene rings is 1. The highest BCUT2D eigenvalue weighted by Crippen LogP contribution is 2.07. The Labute approximate surface area is 142 Å². The average molecular weight is 319 g/mol. The minimum atomic E-state index is 0.771. The Balaban J connectivity index is 0.000000179. The van der Waals surface area contributed by atoms with Gasteiger partial charge in [0, 0.05) is 24.5 Å². The SMILES string of the molecule is CC1CCCNC1.CN1CCCC1.CN=Cc1ccccc1N. The summed E-state index contributed by atoms with van der Waals surface area (Å²) in [6.07, 6.45) is 7.37. The van der Waals surface area contributed by atoms with Crippen LogP contribution in [0, 0.1) is 5.92 Å². The summed E-state index contributed by atoms with van der Waals surface area (Å²) in [7, 11) is 3.90. The van der Waals surface area contributed by atoms with Crippen molar-refractivity contribution in [2.45, 2.75) is 32.6 Å². The van der Waals surface area contributed by atoms with Gasteiger partial charge < -0.3 is 16.0 Å². The maximum absolute atomic E-state index is 5.62. The number of piperidine rings is 1. The zero-order chi connectivity index (χ0) is 16.9. The van der Waals surface area contributed by atoms with Gasteiger partial charge in [0.1, 0.15) is 0 Å². The van der Waals surface area contributed by atoms with Gasteiger partial charge in [-0.3, -0.25) is 4.99 Å². The van der Waals surface area contributed by atoms with Crippen molar-refractivity contribution in [1.29, 1.82) is 0 Å². The Hall–Kier alpha value is -1.39. The van der Waals surface area contributed by atoms with E-state index in [1.807, 2.05) is 24.3 Å². The first-order valence-corrected chi connectivity index (χ1v) is 8.79. The summed E-state index contributed by atoms with van der Waals surface area (Å²) in [6, 6.07) is 7.63. The number of anilines is 1. The quantitative estimate of drug-likeness (QED) is 0.618. The summed E-state index contributed by atoms with van der Waals surface area (Å²) in [4.78, 5) is 6.22. The Morgan fingerprint density at radius 3 is 2.30 bits per heavy atom. The first-order chi connectivity index (χ1) is 11.1. The van der Waals surface area contributed by atoms with Crippen molar-refractivity contribution in [3.05, 3.63) is 29.8 Å². The van der Waals surface area contributed by atoms with Crippen molar-refractivity contribution < 1.29 is 0 Å². The monoisotopic (exact) mass is 318 g/mol. The van der Waals surface area contributed by atoms with E-state index in [2.05, 4.69) is 29.2 Å². The van der Waals surface area contributed by atoms with Crippen LogP contribution in [0.5, 0.6) is 0 Å². The van der Waals surface area contributed by atoms with Gasteiger partial charge in [-0.15, -0.1) is 0 Å². The number of nitrogens with zero attached hydrogens (tertiary/aromatic N) is 2. The van der Waals surface area contributed by atoms with Crippen molar-refractivity contribution in [1.82, 2.24) is 10.2 Å². The standard InChI is InChI=1S/C8H10N2.C6H13N.C5H11N/c1-10-6-7-4-2-3-5-8(7)9;1-6-3-2-4-7-5-6;1-6-4-2-3-5-6/h2-6H,9H2,1H3;6-7H,2-5H2,1H3;2-5H2,1H3. The Kier molecular flexibility index (Phi) is 10.3. The largest absolute Gasteiger partial charge is 0.398 e. The molecule has 23 heavy (non-hydrogen) atoms. The molecule has 0 radical (unpaired) electrons. The van der Waals surface area contributed by atoms with Crippen LogP contribution in [-0.4, -0.2) is 51.4 Å². The summed E-state index contributed by atoms with van der Waals surface area (Å²) in [5, 5.41) is 3.33. The molecule has 2 aliphatic rings. The summed E-state index contributed by atoms with van der Waals surface area (Å²) in [5.41, 5.74) is 7.36. The third-order valence-electron chi connectivity index (χ3n) is 4.14. The van der Waals surface area contributed by atoms with Crippen LogP contribution in [0.4, 0.5) is 5.69 Å². The molecular weight excluding hydrogens is 284 g/mol. The zero-order valence-corrected chi connectivity index (χ0v) is 15.1. The Morgan fingerprint density at radius 2 is 1.91 bits per heavy atom. The van der Waals surface area contributed by atoms with E-state index in [9.17, 15) is 0 Å². The highest BCUT2D eigenvalue weighted by Gasteiger charge is 2.05. The van der Waals surface area contributed by atoms with Crippen molar-refractivity contribution in [2.24, 2.45) is 10.9 Å². The van der Waals surface area contributed by atoms with Gasteiger partial charge in [0.15, 0.2) is 0 Å². The van der Waals surface area contributed by atoms with Crippen LogP contribution in [0.2, 0.25) is 0 Å². The van der Waals surface area contributed by atoms with Gasteiger partial charge in [0.05, 0.1) is 0 Å². The van der Waals surface area contributed by atoms with Crippen LogP contribution in [-0.2, 0) is 0 Å². The fourth-order valence-electron chi connectivity index (χ4n) is 2.67. The minimum absolute atomic E-state index is 0.771. The highest BCUT2D eigenvalue weighted by atomic mass is 15.1. The van der Waals surface area contributed by atoms with Crippen LogP contribution in [0.1, 0.15) is 38.2 Å². The lowest BCUT2D eigenvalue weighted by Gasteiger charge is -2.17. The Morgan fingerprint density at radius 1 is 1.22 bits per heavy atom. The molecule has 1 aromatic rings. The van der Waals surface area contributed by atoms with E-state index in [1.165, 1.54) is 51.9 Å². The fourth-order valence-corrected chi connectivity index (χ4v) is 2.67. The normalized spacial score (nSPS) is 21.3. The van der Waals surface area contributed by atoms with Gasteiger partial charge in [-0.1, -0.05) is 25.1 Å². The Bertz CT molecular complexity index is 433. The predicted molar refractivity (Wildman–Crippen MR) is 102 cm³/mol. The molecule has 0 saturated carbocycles. The number of hydrogen-bond acceptors (Lipinski definition) is 4. The minimum Gasteiger partial charge on any atom is -0.398 e. The third-order valence-corrected chi connectivity index (χ3v) is 4.14. The molecule has 2 heterocycles. The van der Waals surface area contributed by atoms with E-state index >= 15 is 0 Å². The first kappa shape index (κ1) is 19.7. The number of nitrogens with two attached hydrogens (primary N) is 1. The van der Waals surface area contributed by atoms with Gasteiger partial charge in [-0.25, -0.2) is 0 Å². The molecule has 0 aromatic heterocycles. The number of rotatable bonds is 1. The summed E-state index contributed by atoms with van der Waals surface area (Å²) < 4.78 is 0. The van der Waals surface area contributed by atoms with E-state index in [4.69, 9.17) is 5.73 Å². The van der Waals surface area contributed by atoms with E-state index in [0.717, 1.165) is 17.2 Å². The number of para-hydroxylation sites is 1. The summed E-state index contributed by atoms with van der Waals surface area (Å²) >= 11 is 0. The molecule has 4 nitrogen and oxygen atoms in total. The van der Waals surface area contributed by atoms with E-state index in [-0.39, 0.29) is 0 Å². The van der Waals surface area contributed by atoms with Crippen molar-refractivity contribution in [3.63, 3.8) is 0 Å². The number of hydrogen-bond donors (Lipinski definition) is 2. The molecule has 130 valence electrons. The van der Waals surface area contributed by atoms with E-state index in [1.54, 1.807) is 13.3 Å². The molecule has 0 spiro atoms. The van der Waals surface area contributed by atoms with E-state index < -0.39 is 0 Å². The zero-order valence-electron chi connectivity index (χ0n) is 15.1. The highest BCUT2D eigenvalue weighted by molar-refractivity contribution is 5.86. The van der Waals surface area contributed by atoms with Gasteiger partial charge in [-0.2, -0.15) is 0 Å². The van der Waals surface area contributed by atoms with Crippen molar-refractivity contribution in [2.75, 3.05) is 46.0 Å². The molecule has 4 heteroatoms. The first-order valence-electron chi connectivity index (χ1n) is 8.79. The van der Waals surface area contributed by atoms with Crippen LogP contribution < -0.4 is 11.1 Å². The van der Waals surface area contributed by atoms with Crippen LogP contribution in [0.25, 0.3) is 0 Å². The summed E-state index contributed by atoms with van der Waals surface area (Å²) in [6.45, 7) is 7.41. The molecule has 1 unspecified atom stereocenters. The van der Waals surface area contributed by atoms with Gasteiger partial charge in [-0.05, 0) is 70.9 Å². The third kappa shape index (κ3) is 9.36. The van der Waals surface area contributed by atoms with Crippen molar-refractivity contribution in [3.8, 4) is 0 Å². The molecule has 1 aromatic carbocycles. The lowest BCUT2D eigenvalue weighted by atomic mass is 10.0. The molecule has 2 saturated heterocycles. The van der Waals surface area contributed by atoms with Gasteiger partial charge in [0.25, 0.3) is 0 Å². The molecule has 2 fully saturated rings. The lowest BCUT2D eigenvalue weighted by molar-refractivity contribution is 0.405. The number of nitrogen functional groups attached to an aromatic ring is 1. The van der Waals surface area contributed by atoms with Gasteiger partial charge in [0.2, 0.25) is 0 Å². The maximum atomic E-state index is 5.62. The fraction of sp³-hybridized carbons (Fsp3) is 0.632. The molecule has 3 N–H and O–H groups in total. The smallest absolute Gasteiger partial charge is 0.0403 e. The number of likely N-dealkylation sites (tertiary alicyclic amines) is 1. The van der Waals surface area contributed by atoms with Crippen LogP contribution in [0.3, 0.4) is 0 Å². The number of nitrogens with one attached hydrogen (secondary N) is 1. The second-order valence-corrected chi connectivity index (χ2v) is 6.48. The van der Waals surface area contributed by atoms with Crippen molar-refractivity contribution >= 4 is 11.9 Å². The average Bonchev–Trinajstić information content (AvgIpc) is 3.03. The van der Waals surface area contributed by atoms with E-state index in [0.29, 0.717) is 0 Å². The molecule has 2 aliphatic heterocycles. The molecule has 0 bridgehead atoms. The molecule has 0 aliphatic carbocycles. The predicted octanol–water partition coefficient (Wildman–Crippen LogP) is 3.04. The topological polar surface area (TPSA) is 53.6 Å². The van der Waals surface area contributed by atoms with Gasteiger partial charge >= 0.3 is 0 Å². The van der Waals surface area contributed by atoms with Crippen LogP contribution >= 0.6 is 0 Å². The number of aliphatic imine (C=N–C) groups is 1. The molecule has 3 rings (SSSR count).